The summed E-state index contributed by atoms with van der Waals surface area (Å²) in [6.45, 7) is 6.49. The number of nitrogens with one attached hydrogen (secondary N) is 3. The summed E-state index contributed by atoms with van der Waals surface area (Å²) in [5.41, 5.74) is 1.80. The first kappa shape index (κ1) is 30.8. The van der Waals surface area contributed by atoms with Crippen LogP contribution in [0.25, 0.3) is 10.8 Å². The van der Waals surface area contributed by atoms with Crippen LogP contribution in [0.15, 0.2) is 72.8 Å². The molecule has 4 N–H and O–H groups in total. The van der Waals surface area contributed by atoms with Crippen LogP contribution in [-0.4, -0.2) is 47.6 Å². The van der Waals surface area contributed by atoms with Gasteiger partial charge in [0.1, 0.15) is 6.04 Å². The summed E-state index contributed by atoms with van der Waals surface area (Å²) in [7, 11) is 0. The molecule has 0 fully saturated rings. The molecule has 7 heteroatoms. The molecule has 0 saturated carbocycles. The standard InChI is InChI=1S/C33H43N3O4/c1-4-6-18-34-30(38)22-29(37)28(20-24-12-8-7-9-13-24)35-33(40)32(23(3)5-2)36-31(39)21-25-16-17-26-14-10-11-15-27(26)19-25/h7-17,19,23,28-29,32,37H,4-6,18,20-22H2,1-3H3,(H,34,38)(H,35,40)(H,36,39)/t23-,28?,29?,32-/m0/s1. The third kappa shape index (κ3) is 9.49. The average molecular weight is 546 g/mol. The first-order chi connectivity index (χ1) is 19.3. The molecule has 3 rings (SSSR count). The molecule has 0 heterocycles. The number of benzene rings is 3. The number of carbonyl (C=O) groups is 3. The largest absolute Gasteiger partial charge is 0.390 e. The number of unbranched alkanes of at least 4 members (excludes halogenated alkanes) is 1. The van der Waals surface area contributed by atoms with E-state index in [4.69, 9.17) is 0 Å². The molecule has 2 unspecified atom stereocenters. The second kappa shape index (κ2) is 15.8. The van der Waals surface area contributed by atoms with E-state index >= 15 is 0 Å². The van der Waals surface area contributed by atoms with Crippen molar-refractivity contribution in [1.29, 1.82) is 0 Å². The highest BCUT2D eigenvalue weighted by Gasteiger charge is 2.31. The van der Waals surface area contributed by atoms with E-state index < -0.39 is 18.2 Å². The fourth-order valence-corrected chi connectivity index (χ4v) is 4.69. The highest BCUT2D eigenvalue weighted by Crippen LogP contribution is 2.17. The van der Waals surface area contributed by atoms with Gasteiger partial charge in [0.05, 0.1) is 25.0 Å². The molecule has 3 amide bonds. The lowest BCUT2D eigenvalue weighted by atomic mass is 9.95. The molecule has 0 aliphatic rings. The number of fused-ring (bicyclic) bond motifs is 1. The third-order valence-corrected chi connectivity index (χ3v) is 7.33. The Balaban J connectivity index is 1.71. The summed E-state index contributed by atoms with van der Waals surface area (Å²) >= 11 is 0. The molecule has 4 atom stereocenters. The zero-order valence-electron chi connectivity index (χ0n) is 23.9. The topological polar surface area (TPSA) is 108 Å². The van der Waals surface area contributed by atoms with Gasteiger partial charge in [-0.05, 0) is 40.7 Å². The van der Waals surface area contributed by atoms with Gasteiger partial charge in [-0.1, -0.05) is 106 Å². The minimum Gasteiger partial charge on any atom is -0.390 e. The van der Waals surface area contributed by atoms with Gasteiger partial charge in [-0.3, -0.25) is 14.4 Å². The first-order valence-corrected chi connectivity index (χ1v) is 14.4. The maximum Gasteiger partial charge on any atom is 0.243 e. The molecule has 0 aliphatic carbocycles. The first-order valence-electron chi connectivity index (χ1n) is 14.4. The molecule has 3 aromatic rings. The van der Waals surface area contributed by atoms with Crippen LogP contribution in [0.5, 0.6) is 0 Å². The summed E-state index contributed by atoms with van der Waals surface area (Å²) in [5.74, 6) is -0.999. The van der Waals surface area contributed by atoms with E-state index in [-0.39, 0.29) is 36.5 Å². The Labute approximate surface area is 237 Å². The molecule has 3 aromatic carbocycles. The monoisotopic (exact) mass is 545 g/mol. The Hall–Kier alpha value is -3.71. The van der Waals surface area contributed by atoms with E-state index in [1.165, 1.54) is 0 Å². The highest BCUT2D eigenvalue weighted by molar-refractivity contribution is 5.90. The molecule has 0 spiro atoms. The lowest BCUT2D eigenvalue weighted by Gasteiger charge is -2.29. The quantitative estimate of drug-likeness (QED) is 0.214. The molecule has 40 heavy (non-hydrogen) atoms. The zero-order chi connectivity index (χ0) is 28.9. The lowest BCUT2D eigenvalue weighted by molar-refractivity contribution is -0.131. The molecule has 0 radical (unpaired) electrons. The average Bonchev–Trinajstić information content (AvgIpc) is 2.95. The Kier molecular flexibility index (Phi) is 12.2. The van der Waals surface area contributed by atoms with Gasteiger partial charge in [0.2, 0.25) is 17.7 Å². The second-order valence-electron chi connectivity index (χ2n) is 10.6. The van der Waals surface area contributed by atoms with Crippen molar-refractivity contribution in [2.24, 2.45) is 5.92 Å². The van der Waals surface area contributed by atoms with Crippen molar-refractivity contribution in [1.82, 2.24) is 16.0 Å². The molecular formula is C33H43N3O4. The molecule has 0 bridgehead atoms. The van der Waals surface area contributed by atoms with E-state index in [0.717, 1.165) is 34.7 Å². The van der Waals surface area contributed by atoms with Crippen LogP contribution in [0.3, 0.4) is 0 Å². The van der Waals surface area contributed by atoms with Gasteiger partial charge in [0, 0.05) is 6.54 Å². The number of aliphatic hydroxyl groups is 1. The highest BCUT2D eigenvalue weighted by atomic mass is 16.3. The Bertz CT molecular complexity index is 1250. The Morgan fingerprint density at radius 1 is 0.825 bits per heavy atom. The van der Waals surface area contributed by atoms with Gasteiger partial charge in [-0.2, -0.15) is 0 Å². The summed E-state index contributed by atoms with van der Waals surface area (Å²) in [5, 5.41) is 21.9. The minimum atomic E-state index is -1.09. The summed E-state index contributed by atoms with van der Waals surface area (Å²) < 4.78 is 0. The van der Waals surface area contributed by atoms with Crippen molar-refractivity contribution in [2.45, 2.75) is 77.5 Å². The van der Waals surface area contributed by atoms with Crippen molar-refractivity contribution in [3.63, 3.8) is 0 Å². The number of amides is 3. The SMILES string of the molecule is CCCCNC(=O)CC(O)C(Cc1ccccc1)NC(=O)[C@@H](NC(=O)Cc1ccc2ccccc2c1)[C@@H](C)CC. The fourth-order valence-electron chi connectivity index (χ4n) is 4.69. The predicted octanol–water partition coefficient (Wildman–Crippen LogP) is 4.31. The molecular weight excluding hydrogens is 502 g/mol. The predicted molar refractivity (Wildman–Crippen MR) is 160 cm³/mol. The third-order valence-electron chi connectivity index (χ3n) is 7.33. The Morgan fingerprint density at radius 2 is 1.52 bits per heavy atom. The van der Waals surface area contributed by atoms with Crippen molar-refractivity contribution in [3.8, 4) is 0 Å². The van der Waals surface area contributed by atoms with E-state index in [1.54, 1.807) is 0 Å². The normalized spacial score (nSPS) is 14.1. The van der Waals surface area contributed by atoms with E-state index in [0.29, 0.717) is 19.4 Å². The summed E-state index contributed by atoms with van der Waals surface area (Å²) in [6, 6.07) is 21.9. The van der Waals surface area contributed by atoms with Crippen LogP contribution in [-0.2, 0) is 27.2 Å². The molecule has 0 saturated heterocycles. The lowest BCUT2D eigenvalue weighted by Crippen LogP contribution is -2.56. The fraction of sp³-hybridized carbons (Fsp3) is 0.424. The van der Waals surface area contributed by atoms with E-state index in [2.05, 4.69) is 16.0 Å². The maximum absolute atomic E-state index is 13.6. The number of hydrogen-bond acceptors (Lipinski definition) is 4. The van der Waals surface area contributed by atoms with Crippen molar-refractivity contribution < 1.29 is 19.5 Å². The zero-order valence-corrected chi connectivity index (χ0v) is 23.9. The molecule has 214 valence electrons. The van der Waals surface area contributed by atoms with Crippen LogP contribution in [0.1, 0.15) is 57.6 Å². The molecule has 7 nitrogen and oxygen atoms in total. The number of carbonyl (C=O) groups excluding carboxylic acids is 3. The molecule has 0 aromatic heterocycles. The smallest absolute Gasteiger partial charge is 0.243 e. The van der Waals surface area contributed by atoms with Crippen LogP contribution in [0, 0.1) is 5.92 Å². The van der Waals surface area contributed by atoms with Crippen LogP contribution in [0.2, 0.25) is 0 Å². The van der Waals surface area contributed by atoms with E-state index in [1.807, 2.05) is 93.6 Å². The van der Waals surface area contributed by atoms with Gasteiger partial charge < -0.3 is 21.1 Å². The summed E-state index contributed by atoms with van der Waals surface area (Å²) in [4.78, 5) is 39.1. The number of aliphatic hydroxyl groups excluding tert-OH is 1. The molecule has 0 aliphatic heterocycles. The van der Waals surface area contributed by atoms with Crippen LogP contribution >= 0.6 is 0 Å². The van der Waals surface area contributed by atoms with E-state index in [9.17, 15) is 19.5 Å². The van der Waals surface area contributed by atoms with Gasteiger partial charge in [-0.25, -0.2) is 0 Å². The van der Waals surface area contributed by atoms with Gasteiger partial charge >= 0.3 is 0 Å². The minimum absolute atomic E-state index is 0.121. The summed E-state index contributed by atoms with van der Waals surface area (Å²) in [6.07, 6.45) is 1.80. The van der Waals surface area contributed by atoms with Crippen LogP contribution < -0.4 is 16.0 Å². The maximum atomic E-state index is 13.6. The van der Waals surface area contributed by atoms with Crippen molar-refractivity contribution >= 4 is 28.5 Å². The van der Waals surface area contributed by atoms with Gasteiger partial charge in [0.15, 0.2) is 0 Å². The van der Waals surface area contributed by atoms with Gasteiger partial charge in [0.25, 0.3) is 0 Å². The van der Waals surface area contributed by atoms with Crippen molar-refractivity contribution in [2.75, 3.05) is 6.54 Å². The number of hydrogen-bond donors (Lipinski definition) is 4. The Morgan fingerprint density at radius 3 is 2.23 bits per heavy atom. The second-order valence-corrected chi connectivity index (χ2v) is 10.6. The van der Waals surface area contributed by atoms with Crippen LogP contribution in [0.4, 0.5) is 0 Å². The van der Waals surface area contributed by atoms with Crippen molar-refractivity contribution in [3.05, 3.63) is 83.9 Å². The number of rotatable bonds is 15. The van der Waals surface area contributed by atoms with Gasteiger partial charge in [-0.15, -0.1) is 0 Å².